The lowest BCUT2D eigenvalue weighted by molar-refractivity contribution is 0.757. The summed E-state index contributed by atoms with van der Waals surface area (Å²) in [4.78, 5) is 21.6. The highest BCUT2D eigenvalue weighted by molar-refractivity contribution is 7.15. The molecule has 6 nitrogen and oxygen atoms in total. The third-order valence-electron chi connectivity index (χ3n) is 2.73. The maximum absolute atomic E-state index is 12.3. The number of fused-ring (bicyclic) bond motifs is 1. The predicted molar refractivity (Wildman–Crippen MR) is 75.0 cm³/mol. The number of thiazole rings is 1. The van der Waals surface area contributed by atoms with Crippen molar-refractivity contribution in [1.82, 2.24) is 14.5 Å². The van der Waals surface area contributed by atoms with Crippen molar-refractivity contribution in [3.63, 3.8) is 0 Å². The highest BCUT2D eigenvalue weighted by atomic mass is 32.1. The average Bonchev–Trinajstić information content (AvgIpc) is 2.90. The van der Waals surface area contributed by atoms with Gasteiger partial charge in [0.15, 0.2) is 5.13 Å². The molecule has 0 fully saturated rings. The molecule has 0 aliphatic rings. The molecule has 2 heterocycles. The van der Waals surface area contributed by atoms with Gasteiger partial charge >= 0.3 is 0 Å². The lowest BCUT2D eigenvalue weighted by atomic mass is 10.2. The Labute approximate surface area is 112 Å². The molecule has 7 heteroatoms. The van der Waals surface area contributed by atoms with Crippen molar-refractivity contribution in [2.75, 3.05) is 5.43 Å². The summed E-state index contributed by atoms with van der Waals surface area (Å²) < 4.78 is 1.57. The second-order valence-electron chi connectivity index (χ2n) is 3.97. The van der Waals surface area contributed by atoms with Crippen LogP contribution in [0.4, 0.5) is 5.13 Å². The van der Waals surface area contributed by atoms with Gasteiger partial charge in [-0.05, 0) is 12.1 Å². The Morgan fingerprint density at radius 3 is 2.95 bits per heavy atom. The molecule has 0 saturated heterocycles. The molecule has 0 aliphatic heterocycles. The van der Waals surface area contributed by atoms with E-state index in [1.54, 1.807) is 23.2 Å². The number of nitrogen functional groups attached to an aromatic ring is 1. The standard InChI is InChI=1S/C12H11N5OS/c13-16-12-14-5-8(19-12)6-17-7-15-10-4-2-1-3-9(10)11(17)18/h1-5,7H,6,13H2,(H,14,16). The minimum atomic E-state index is -0.0544. The molecule has 1 aromatic carbocycles. The molecule has 3 N–H and O–H groups in total. The topological polar surface area (TPSA) is 85.8 Å². The molecule has 0 unspecified atom stereocenters. The number of para-hydroxylation sites is 1. The molecule has 0 spiro atoms. The van der Waals surface area contributed by atoms with Crippen molar-refractivity contribution in [3.8, 4) is 0 Å². The zero-order valence-corrected chi connectivity index (χ0v) is 10.7. The molecule has 0 amide bonds. The van der Waals surface area contributed by atoms with Crippen LogP contribution in [0.15, 0.2) is 41.6 Å². The van der Waals surface area contributed by atoms with Crippen molar-refractivity contribution in [1.29, 1.82) is 0 Å². The van der Waals surface area contributed by atoms with E-state index in [4.69, 9.17) is 5.84 Å². The Morgan fingerprint density at radius 1 is 1.32 bits per heavy atom. The van der Waals surface area contributed by atoms with Gasteiger partial charge in [0.05, 0.1) is 23.8 Å². The summed E-state index contributed by atoms with van der Waals surface area (Å²) in [5.41, 5.74) is 3.13. The van der Waals surface area contributed by atoms with Crippen molar-refractivity contribution in [3.05, 3.63) is 52.0 Å². The van der Waals surface area contributed by atoms with Gasteiger partial charge in [-0.3, -0.25) is 14.8 Å². The van der Waals surface area contributed by atoms with E-state index in [0.717, 1.165) is 4.88 Å². The van der Waals surface area contributed by atoms with Crippen LogP contribution in [-0.4, -0.2) is 14.5 Å². The summed E-state index contributed by atoms with van der Waals surface area (Å²) in [5, 5.41) is 1.24. The SMILES string of the molecule is NNc1ncc(Cn2cnc3ccccc3c2=O)s1. The van der Waals surface area contributed by atoms with E-state index in [2.05, 4.69) is 15.4 Å². The third-order valence-corrected chi connectivity index (χ3v) is 3.65. The maximum atomic E-state index is 12.3. The van der Waals surface area contributed by atoms with Gasteiger partial charge in [0.25, 0.3) is 5.56 Å². The van der Waals surface area contributed by atoms with E-state index in [0.29, 0.717) is 22.6 Å². The molecule has 0 aliphatic carbocycles. The van der Waals surface area contributed by atoms with Crippen molar-refractivity contribution >= 4 is 27.4 Å². The number of nitrogens with one attached hydrogen (secondary N) is 1. The Kier molecular flexibility index (Phi) is 2.98. The quantitative estimate of drug-likeness (QED) is 0.553. The number of hydrogen-bond acceptors (Lipinski definition) is 6. The van der Waals surface area contributed by atoms with Gasteiger partial charge in [0.1, 0.15) is 0 Å². The van der Waals surface area contributed by atoms with Gasteiger partial charge in [-0.15, -0.1) is 0 Å². The van der Waals surface area contributed by atoms with Crippen LogP contribution in [0.25, 0.3) is 10.9 Å². The summed E-state index contributed by atoms with van der Waals surface area (Å²) in [6.45, 7) is 0.440. The zero-order valence-electron chi connectivity index (χ0n) is 9.91. The van der Waals surface area contributed by atoms with E-state index < -0.39 is 0 Å². The smallest absolute Gasteiger partial charge is 0.261 e. The van der Waals surface area contributed by atoms with Gasteiger partial charge < -0.3 is 0 Å². The van der Waals surface area contributed by atoms with Crippen molar-refractivity contribution in [2.24, 2.45) is 5.84 Å². The van der Waals surface area contributed by atoms with Crippen LogP contribution in [0, 0.1) is 0 Å². The Bertz CT molecular complexity index is 779. The number of hydrazine groups is 1. The lowest BCUT2D eigenvalue weighted by Crippen LogP contribution is -2.20. The van der Waals surface area contributed by atoms with E-state index in [-0.39, 0.29) is 5.56 Å². The Balaban J connectivity index is 2.01. The highest BCUT2D eigenvalue weighted by Gasteiger charge is 2.06. The molecule has 0 bridgehead atoms. The second kappa shape index (κ2) is 4.79. The van der Waals surface area contributed by atoms with Crippen molar-refractivity contribution in [2.45, 2.75) is 6.54 Å². The molecular weight excluding hydrogens is 262 g/mol. The van der Waals surface area contributed by atoms with Crippen LogP contribution in [0.3, 0.4) is 0 Å². The van der Waals surface area contributed by atoms with Crippen molar-refractivity contribution < 1.29 is 0 Å². The maximum Gasteiger partial charge on any atom is 0.261 e. The Hall–Kier alpha value is -2.25. The van der Waals surface area contributed by atoms with Crippen LogP contribution in [-0.2, 0) is 6.54 Å². The Morgan fingerprint density at radius 2 is 2.16 bits per heavy atom. The number of nitrogens with zero attached hydrogens (tertiary/aromatic N) is 3. The predicted octanol–water partition coefficient (Wildman–Crippen LogP) is 1.19. The zero-order chi connectivity index (χ0) is 13.2. The van der Waals surface area contributed by atoms with Crippen LogP contribution in [0.5, 0.6) is 0 Å². The summed E-state index contributed by atoms with van der Waals surface area (Å²) in [6.07, 6.45) is 3.25. The molecule has 96 valence electrons. The number of aromatic nitrogens is 3. The minimum absolute atomic E-state index is 0.0544. The fourth-order valence-corrected chi connectivity index (χ4v) is 2.56. The first-order chi connectivity index (χ1) is 9.28. The molecule has 3 aromatic rings. The first-order valence-electron chi connectivity index (χ1n) is 5.63. The number of rotatable bonds is 3. The van der Waals surface area contributed by atoms with Gasteiger partial charge in [0.2, 0.25) is 0 Å². The van der Waals surface area contributed by atoms with Gasteiger partial charge in [0, 0.05) is 11.1 Å². The monoisotopic (exact) mass is 273 g/mol. The van der Waals surface area contributed by atoms with Gasteiger partial charge in [-0.2, -0.15) is 0 Å². The van der Waals surface area contributed by atoms with Crippen LogP contribution in [0.2, 0.25) is 0 Å². The fraction of sp³-hybridized carbons (Fsp3) is 0.0833. The first-order valence-corrected chi connectivity index (χ1v) is 6.45. The summed E-state index contributed by atoms with van der Waals surface area (Å²) in [5.74, 6) is 5.28. The first kappa shape index (κ1) is 11.8. The molecule has 0 saturated carbocycles. The second-order valence-corrected chi connectivity index (χ2v) is 5.09. The molecular formula is C12H11N5OS. The van der Waals surface area contributed by atoms with Crippen LogP contribution < -0.4 is 16.8 Å². The summed E-state index contributed by atoms with van der Waals surface area (Å²) >= 11 is 1.41. The molecule has 3 rings (SSSR count). The highest BCUT2D eigenvalue weighted by Crippen LogP contribution is 2.17. The van der Waals surface area contributed by atoms with E-state index in [9.17, 15) is 4.79 Å². The largest absolute Gasteiger partial charge is 0.300 e. The number of anilines is 1. The normalized spacial score (nSPS) is 10.8. The van der Waals surface area contributed by atoms with E-state index in [1.807, 2.05) is 18.2 Å². The third kappa shape index (κ3) is 2.20. The summed E-state index contributed by atoms with van der Waals surface area (Å²) in [7, 11) is 0. The van der Waals surface area contributed by atoms with Gasteiger partial charge in [-0.1, -0.05) is 23.5 Å². The van der Waals surface area contributed by atoms with Crippen LogP contribution >= 0.6 is 11.3 Å². The average molecular weight is 273 g/mol. The summed E-state index contributed by atoms with van der Waals surface area (Å²) in [6, 6.07) is 7.30. The molecule has 0 radical (unpaired) electrons. The van der Waals surface area contributed by atoms with Gasteiger partial charge in [-0.25, -0.2) is 15.8 Å². The molecule has 19 heavy (non-hydrogen) atoms. The molecule has 2 aromatic heterocycles. The lowest BCUT2D eigenvalue weighted by Gasteiger charge is -2.04. The number of benzene rings is 1. The fourth-order valence-electron chi connectivity index (χ4n) is 1.83. The number of nitrogens with two attached hydrogens (primary N) is 1. The molecule has 0 atom stereocenters. The van der Waals surface area contributed by atoms with E-state index >= 15 is 0 Å². The van der Waals surface area contributed by atoms with E-state index in [1.165, 1.54) is 11.3 Å². The number of hydrogen-bond donors (Lipinski definition) is 2. The minimum Gasteiger partial charge on any atom is -0.300 e. The van der Waals surface area contributed by atoms with Crippen LogP contribution in [0.1, 0.15) is 4.88 Å².